The number of fused-ring (bicyclic) bond motifs is 1. The first kappa shape index (κ1) is 21.3. The van der Waals surface area contributed by atoms with Crippen LogP contribution in [0.25, 0.3) is 0 Å². The van der Waals surface area contributed by atoms with Gasteiger partial charge in [0.25, 0.3) is 11.8 Å². The number of benzene rings is 1. The lowest BCUT2D eigenvalue weighted by Crippen LogP contribution is -2.62. The van der Waals surface area contributed by atoms with E-state index in [0.717, 1.165) is 4.90 Å². The summed E-state index contributed by atoms with van der Waals surface area (Å²) in [5.74, 6) is -2.21. The Bertz CT molecular complexity index is 915. The molecule has 3 rings (SSSR count). The number of carbonyl (C=O) groups is 4. The average molecular weight is 415 g/mol. The van der Waals surface area contributed by atoms with Gasteiger partial charge in [-0.3, -0.25) is 19.3 Å². The van der Waals surface area contributed by atoms with Gasteiger partial charge < -0.3 is 25.6 Å². The quantitative estimate of drug-likeness (QED) is 0.622. The summed E-state index contributed by atoms with van der Waals surface area (Å²) in [6.45, 7) is 0.860. The summed E-state index contributed by atoms with van der Waals surface area (Å²) in [6, 6.07) is 5.97. The van der Waals surface area contributed by atoms with Gasteiger partial charge in [-0.15, -0.1) is 0 Å². The lowest BCUT2D eigenvalue weighted by atomic mass is 10.0. The fourth-order valence-electron chi connectivity index (χ4n) is 3.84. The molecule has 2 atom stereocenters. The van der Waals surface area contributed by atoms with E-state index in [2.05, 4.69) is 5.32 Å². The van der Waals surface area contributed by atoms with Crippen LogP contribution in [-0.4, -0.2) is 79.0 Å². The lowest BCUT2D eigenvalue weighted by molar-refractivity contribution is -0.137. The number of urea groups is 1. The Balaban J connectivity index is 1.92. The number of nitrogens with zero attached hydrogens (tertiary/aromatic N) is 3. The van der Waals surface area contributed by atoms with Gasteiger partial charge in [0.15, 0.2) is 0 Å². The highest BCUT2D eigenvalue weighted by molar-refractivity contribution is 6.09. The number of carbonyl (C=O) groups excluding carboxylic acids is 4. The molecule has 0 bridgehead atoms. The Morgan fingerprint density at radius 1 is 1.20 bits per heavy atom. The number of nitrogens with two attached hydrogens (primary N) is 1. The van der Waals surface area contributed by atoms with Crippen LogP contribution in [0, 0.1) is 5.92 Å². The zero-order valence-corrected chi connectivity index (χ0v) is 17.1. The molecule has 160 valence electrons. The first-order valence-corrected chi connectivity index (χ1v) is 9.49. The predicted octanol–water partition coefficient (Wildman–Crippen LogP) is 0.426. The van der Waals surface area contributed by atoms with Crippen LogP contribution in [0.3, 0.4) is 0 Å². The molecule has 0 aliphatic carbocycles. The molecule has 2 unspecified atom stereocenters. The van der Waals surface area contributed by atoms with Gasteiger partial charge in [0, 0.05) is 34.4 Å². The van der Waals surface area contributed by atoms with E-state index >= 15 is 0 Å². The molecule has 2 aliphatic rings. The number of methoxy groups -OCH3 is 1. The van der Waals surface area contributed by atoms with Gasteiger partial charge in [0.05, 0.1) is 17.2 Å². The number of rotatable bonds is 7. The molecule has 5 amide bonds. The molecule has 0 spiro atoms. The van der Waals surface area contributed by atoms with Crippen molar-refractivity contribution in [3.63, 3.8) is 0 Å². The molecule has 1 saturated heterocycles. The third-order valence-corrected chi connectivity index (χ3v) is 5.31. The monoisotopic (exact) mass is 415 g/mol. The van der Waals surface area contributed by atoms with Crippen LogP contribution in [-0.2, 0) is 14.3 Å². The molecule has 1 fully saturated rings. The number of primary amides is 1. The van der Waals surface area contributed by atoms with Crippen LogP contribution in [0.1, 0.15) is 16.8 Å². The van der Waals surface area contributed by atoms with Gasteiger partial charge in [-0.25, -0.2) is 4.79 Å². The molecule has 2 aliphatic heterocycles. The highest BCUT2D eigenvalue weighted by Crippen LogP contribution is 2.35. The zero-order valence-electron chi connectivity index (χ0n) is 17.1. The van der Waals surface area contributed by atoms with E-state index in [0.29, 0.717) is 19.6 Å². The summed E-state index contributed by atoms with van der Waals surface area (Å²) in [7, 11) is 4.59. The van der Waals surface area contributed by atoms with Gasteiger partial charge in [-0.05, 0) is 24.6 Å². The molecule has 0 radical (unpaired) electrons. The third kappa shape index (κ3) is 3.73. The summed E-state index contributed by atoms with van der Waals surface area (Å²) in [5, 5.41) is 2.71. The minimum absolute atomic E-state index is 0.177. The van der Waals surface area contributed by atoms with Crippen molar-refractivity contribution < 1.29 is 23.9 Å². The van der Waals surface area contributed by atoms with Gasteiger partial charge in [-0.1, -0.05) is 12.1 Å². The van der Waals surface area contributed by atoms with E-state index in [1.807, 2.05) is 0 Å². The number of nitrogens with one attached hydrogen (secondary N) is 1. The summed E-state index contributed by atoms with van der Waals surface area (Å²) >= 11 is 0. The molecule has 10 heteroatoms. The maximum absolute atomic E-state index is 13.1. The lowest BCUT2D eigenvalue weighted by Gasteiger charge is -2.43. The van der Waals surface area contributed by atoms with Crippen LogP contribution in [0.5, 0.6) is 0 Å². The van der Waals surface area contributed by atoms with E-state index in [-0.39, 0.29) is 22.9 Å². The van der Waals surface area contributed by atoms with Crippen LogP contribution in [0.2, 0.25) is 0 Å². The molecule has 2 heterocycles. The molecule has 1 aromatic rings. The van der Waals surface area contributed by atoms with Crippen molar-refractivity contribution in [1.82, 2.24) is 14.7 Å². The highest BCUT2D eigenvalue weighted by Gasteiger charge is 2.50. The number of hydrogen-bond donors (Lipinski definition) is 2. The van der Waals surface area contributed by atoms with Crippen LogP contribution in [0.4, 0.5) is 10.5 Å². The second-order valence-electron chi connectivity index (χ2n) is 7.19. The SMILES string of the molecule is COCCCN1C(C(=O)Nc2ccccc2C(N)=O)=CC2C(=O)N(C)C(=O)N(C)C21. The molecule has 30 heavy (non-hydrogen) atoms. The van der Waals surface area contributed by atoms with E-state index in [1.54, 1.807) is 43.3 Å². The predicted molar refractivity (Wildman–Crippen MR) is 108 cm³/mol. The minimum Gasteiger partial charge on any atom is -0.385 e. The van der Waals surface area contributed by atoms with Crippen molar-refractivity contribution in [3.8, 4) is 0 Å². The zero-order chi connectivity index (χ0) is 22.0. The van der Waals surface area contributed by atoms with Crippen LogP contribution < -0.4 is 11.1 Å². The fraction of sp³-hybridized carbons (Fsp3) is 0.400. The van der Waals surface area contributed by atoms with Crippen molar-refractivity contribution in [2.45, 2.75) is 12.6 Å². The fourth-order valence-corrected chi connectivity index (χ4v) is 3.84. The Morgan fingerprint density at radius 3 is 2.57 bits per heavy atom. The molecule has 1 aromatic carbocycles. The molecular formula is C20H25N5O5. The molecule has 3 N–H and O–H groups in total. The van der Waals surface area contributed by atoms with Crippen molar-refractivity contribution in [2.24, 2.45) is 11.7 Å². The Morgan fingerprint density at radius 2 is 1.90 bits per heavy atom. The van der Waals surface area contributed by atoms with Crippen molar-refractivity contribution in [1.29, 1.82) is 0 Å². The van der Waals surface area contributed by atoms with Gasteiger partial charge in [0.1, 0.15) is 11.9 Å². The van der Waals surface area contributed by atoms with Gasteiger partial charge >= 0.3 is 6.03 Å². The summed E-state index contributed by atoms with van der Waals surface area (Å²) < 4.78 is 5.10. The second kappa shape index (κ2) is 8.54. The summed E-state index contributed by atoms with van der Waals surface area (Å²) in [6.07, 6.45) is 1.56. The van der Waals surface area contributed by atoms with Crippen LogP contribution >= 0.6 is 0 Å². The third-order valence-electron chi connectivity index (χ3n) is 5.31. The Labute approximate surface area is 174 Å². The molecule has 0 saturated carbocycles. The van der Waals surface area contributed by atoms with Gasteiger partial charge in [-0.2, -0.15) is 0 Å². The number of hydrogen-bond acceptors (Lipinski definition) is 6. The molecular weight excluding hydrogens is 390 g/mol. The van der Waals surface area contributed by atoms with E-state index < -0.39 is 29.9 Å². The van der Waals surface area contributed by atoms with E-state index in [9.17, 15) is 19.2 Å². The number of amides is 5. The smallest absolute Gasteiger partial charge is 0.327 e. The molecule has 0 aromatic heterocycles. The normalized spacial score (nSPS) is 20.9. The Hall–Kier alpha value is -3.40. The van der Waals surface area contributed by atoms with Crippen molar-refractivity contribution in [3.05, 3.63) is 41.6 Å². The van der Waals surface area contributed by atoms with Gasteiger partial charge in [0.2, 0.25) is 5.91 Å². The van der Waals surface area contributed by atoms with Crippen LogP contribution in [0.15, 0.2) is 36.0 Å². The molecule has 10 nitrogen and oxygen atoms in total. The number of imide groups is 1. The largest absolute Gasteiger partial charge is 0.385 e. The standard InChI is InChI=1S/C20H25N5O5/c1-23-18-13(19(28)24(2)20(23)29)11-15(25(18)9-6-10-30-3)17(27)22-14-8-5-4-7-12(14)16(21)26/h4-5,7-8,11,13,18H,6,9-10H2,1-3H3,(H2,21,26)(H,22,27). The van der Waals surface area contributed by atoms with Crippen molar-refractivity contribution >= 4 is 29.4 Å². The minimum atomic E-state index is -0.674. The highest BCUT2D eigenvalue weighted by atomic mass is 16.5. The number of anilines is 1. The number of para-hydroxylation sites is 1. The maximum Gasteiger partial charge on any atom is 0.327 e. The first-order chi connectivity index (χ1) is 14.3. The average Bonchev–Trinajstić information content (AvgIpc) is 3.11. The van der Waals surface area contributed by atoms with Crippen molar-refractivity contribution in [2.75, 3.05) is 39.7 Å². The maximum atomic E-state index is 13.1. The summed E-state index contributed by atoms with van der Waals surface area (Å²) in [4.78, 5) is 54.2. The Kier molecular flexibility index (Phi) is 6.06. The van der Waals surface area contributed by atoms with E-state index in [4.69, 9.17) is 10.5 Å². The second-order valence-corrected chi connectivity index (χ2v) is 7.19. The first-order valence-electron chi connectivity index (χ1n) is 9.49. The topological polar surface area (TPSA) is 125 Å². The summed E-state index contributed by atoms with van der Waals surface area (Å²) in [5.41, 5.74) is 6.09. The van der Waals surface area contributed by atoms with E-state index in [1.165, 1.54) is 18.0 Å². The number of ether oxygens (including phenoxy) is 1.